The molecule has 0 aromatic heterocycles. The minimum atomic E-state index is 0.211. The first-order chi connectivity index (χ1) is 9.22. The minimum absolute atomic E-state index is 0.211. The molecule has 2 nitrogen and oxygen atoms in total. The van der Waals surface area contributed by atoms with Crippen LogP contribution in [0.15, 0.2) is 18.2 Å². The van der Waals surface area contributed by atoms with Crippen molar-refractivity contribution in [3.05, 3.63) is 33.8 Å². The van der Waals surface area contributed by atoms with Crippen LogP contribution in [0, 0.1) is 0 Å². The van der Waals surface area contributed by atoms with Crippen molar-refractivity contribution in [3.63, 3.8) is 0 Å². The molecule has 4 heteroatoms. The summed E-state index contributed by atoms with van der Waals surface area (Å²) in [5, 5.41) is 4.80. The van der Waals surface area contributed by atoms with E-state index in [2.05, 4.69) is 5.32 Å². The first kappa shape index (κ1) is 15.1. The molecule has 1 heterocycles. The van der Waals surface area contributed by atoms with Gasteiger partial charge in [0.2, 0.25) is 0 Å². The predicted octanol–water partition coefficient (Wildman–Crippen LogP) is 4.60. The molecule has 0 aliphatic carbocycles. The van der Waals surface area contributed by atoms with Crippen molar-refractivity contribution in [1.29, 1.82) is 0 Å². The van der Waals surface area contributed by atoms with Gasteiger partial charge in [0.05, 0.1) is 6.10 Å². The maximum Gasteiger partial charge on any atom is 0.0576 e. The summed E-state index contributed by atoms with van der Waals surface area (Å²) < 4.78 is 5.65. The van der Waals surface area contributed by atoms with Crippen molar-refractivity contribution >= 4 is 23.2 Å². The van der Waals surface area contributed by atoms with Gasteiger partial charge in [0, 0.05) is 28.3 Å². The van der Waals surface area contributed by atoms with Crippen LogP contribution in [-0.2, 0) is 4.74 Å². The van der Waals surface area contributed by atoms with Gasteiger partial charge in [0.25, 0.3) is 0 Å². The van der Waals surface area contributed by atoms with E-state index in [-0.39, 0.29) is 6.04 Å². The Balaban J connectivity index is 1.92. The number of nitrogens with one attached hydrogen (secondary N) is 1. The Bertz CT molecular complexity index is 385. The van der Waals surface area contributed by atoms with Crippen molar-refractivity contribution in [2.24, 2.45) is 0 Å². The Labute approximate surface area is 125 Å². The van der Waals surface area contributed by atoms with Crippen LogP contribution in [0.5, 0.6) is 0 Å². The van der Waals surface area contributed by atoms with Gasteiger partial charge in [-0.3, -0.25) is 0 Å². The van der Waals surface area contributed by atoms with Crippen molar-refractivity contribution in [2.45, 2.75) is 44.2 Å². The summed E-state index contributed by atoms with van der Waals surface area (Å²) in [5.41, 5.74) is 1.01. The average molecular weight is 302 g/mol. The summed E-state index contributed by atoms with van der Waals surface area (Å²) >= 11 is 12.5. The van der Waals surface area contributed by atoms with E-state index >= 15 is 0 Å². The van der Waals surface area contributed by atoms with Gasteiger partial charge in [-0.2, -0.15) is 0 Å². The molecule has 2 atom stereocenters. The van der Waals surface area contributed by atoms with Gasteiger partial charge in [0.15, 0.2) is 0 Å². The van der Waals surface area contributed by atoms with Gasteiger partial charge in [0.1, 0.15) is 0 Å². The summed E-state index contributed by atoms with van der Waals surface area (Å²) in [6, 6.07) is 5.88. The van der Waals surface area contributed by atoms with E-state index in [1.165, 1.54) is 12.8 Å². The van der Waals surface area contributed by atoms with Crippen LogP contribution in [0.25, 0.3) is 0 Å². The van der Waals surface area contributed by atoms with Crippen LogP contribution in [0.2, 0.25) is 10.0 Å². The van der Waals surface area contributed by atoms with Crippen molar-refractivity contribution < 1.29 is 4.74 Å². The highest BCUT2D eigenvalue weighted by molar-refractivity contribution is 6.36. The number of halogens is 2. The Kier molecular flexibility index (Phi) is 5.96. The Hall–Kier alpha value is -0.280. The highest BCUT2D eigenvalue weighted by Crippen LogP contribution is 2.33. The molecule has 106 valence electrons. The molecule has 1 saturated heterocycles. The van der Waals surface area contributed by atoms with E-state index in [1.807, 2.05) is 25.2 Å². The Morgan fingerprint density at radius 2 is 2.11 bits per heavy atom. The average Bonchev–Trinajstić information content (AvgIpc) is 2.89. The molecule has 0 bridgehead atoms. The molecule has 2 rings (SSSR count). The lowest BCUT2D eigenvalue weighted by Gasteiger charge is -2.20. The first-order valence-electron chi connectivity index (χ1n) is 6.95. The lowest BCUT2D eigenvalue weighted by Crippen LogP contribution is -2.18. The molecule has 1 fully saturated rings. The van der Waals surface area contributed by atoms with E-state index in [9.17, 15) is 0 Å². The monoisotopic (exact) mass is 301 g/mol. The van der Waals surface area contributed by atoms with Gasteiger partial charge < -0.3 is 10.1 Å². The van der Waals surface area contributed by atoms with Crippen LogP contribution in [0.1, 0.15) is 43.7 Å². The van der Waals surface area contributed by atoms with E-state index in [1.54, 1.807) is 0 Å². The lowest BCUT2D eigenvalue weighted by molar-refractivity contribution is 0.101. The number of rotatable bonds is 6. The Morgan fingerprint density at radius 3 is 2.68 bits per heavy atom. The standard InChI is InChI=1S/C15H21Cl2NO/c1-18-14(9-2-5-11-6-4-10-19-11)15-12(16)7-3-8-13(15)17/h3,7-8,11,14,18H,2,4-6,9-10H2,1H3. The van der Waals surface area contributed by atoms with Gasteiger partial charge in [-0.25, -0.2) is 0 Å². The highest BCUT2D eigenvalue weighted by Gasteiger charge is 2.19. The fourth-order valence-electron chi connectivity index (χ4n) is 2.70. The second-order valence-electron chi connectivity index (χ2n) is 5.04. The SMILES string of the molecule is CNC(CCCC1CCCO1)c1c(Cl)cccc1Cl. The predicted molar refractivity (Wildman–Crippen MR) is 81.1 cm³/mol. The maximum absolute atomic E-state index is 6.26. The molecule has 1 aromatic carbocycles. The molecule has 1 aliphatic heterocycles. The normalized spacial score (nSPS) is 20.7. The number of hydrogen-bond donors (Lipinski definition) is 1. The zero-order valence-electron chi connectivity index (χ0n) is 11.3. The number of benzene rings is 1. The summed E-state index contributed by atoms with van der Waals surface area (Å²) in [7, 11) is 1.95. The largest absolute Gasteiger partial charge is 0.378 e. The van der Waals surface area contributed by atoms with Gasteiger partial charge in [-0.1, -0.05) is 29.3 Å². The van der Waals surface area contributed by atoms with Crippen LogP contribution < -0.4 is 5.32 Å². The maximum atomic E-state index is 6.26. The fourth-order valence-corrected chi connectivity index (χ4v) is 3.36. The molecule has 1 aliphatic rings. The topological polar surface area (TPSA) is 21.3 Å². The van der Waals surface area contributed by atoms with Crippen LogP contribution in [-0.4, -0.2) is 19.8 Å². The molecule has 1 aromatic rings. The summed E-state index contributed by atoms with van der Waals surface area (Å²) in [4.78, 5) is 0. The number of ether oxygens (including phenoxy) is 1. The third-order valence-corrected chi connectivity index (χ3v) is 4.40. The van der Waals surface area contributed by atoms with E-state index in [4.69, 9.17) is 27.9 Å². The quantitative estimate of drug-likeness (QED) is 0.829. The third-order valence-electron chi connectivity index (χ3n) is 3.74. The molecular formula is C15H21Cl2NO. The van der Waals surface area contributed by atoms with Crippen LogP contribution >= 0.6 is 23.2 Å². The summed E-state index contributed by atoms with van der Waals surface area (Å²) in [5.74, 6) is 0. The zero-order chi connectivity index (χ0) is 13.7. The van der Waals surface area contributed by atoms with Crippen molar-refractivity contribution in [1.82, 2.24) is 5.32 Å². The molecule has 0 amide bonds. The first-order valence-corrected chi connectivity index (χ1v) is 7.70. The van der Waals surface area contributed by atoms with Gasteiger partial charge in [-0.15, -0.1) is 0 Å². The second-order valence-corrected chi connectivity index (χ2v) is 5.86. The van der Waals surface area contributed by atoms with E-state index in [0.29, 0.717) is 6.10 Å². The van der Waals surface area contributed by atoms with Crippen LogP contribution in [0.4, 0.5) is 0 Å². The zero-order valence-corrected chi connectivity index (χ0v) is 12.8. The Morgan fingerprint density at radius 1 is 1.37 bits per heavy atom. The van der Waals surface area contributed by atoms with E-state index < -0.39 is 0 Å². The molecule has 0 saturated carbocycles. The van der Waals surface area contributed by atoms with Gasteiger partial charge >= 0.3 is 0 Å². The molecular weight excluding hydrogens is 281 g/mol. The smallest absolute Gasteiger partial charge is 0.0576 e. The van der Waals surface area contributed by atoms with Crippen LogP contribution in [0.3, 0.4) is 0 Å². The minimum Gasteiger partial charge on any atom is -0.378 e. The molecule has 1 N–H and O–H groups in total. The van der Waals surface area contributed by atoms with Crippen molar-refractivity contribution in [3.8, 4) is 0 Å². The third kappa shape index (κ3) is 4.09. The second kappa shape index (κ2) is 7.49. The highest BCUT2D eigenvalue weighted by atomic mass is 35.5. The fraction of sp³-hybridized carbons (Fsp3) is 0.600. The molecule has 2 unspecified atom stereocenters. The summed E-state index contributed by atoms with van der Waals surface area (Å²) in [6.07, 6.45) is 6.14. The summed E-state index contributed by atoms with van der Waals surface area (Å²) in [6.45, 7) is 0.927. The lowest BCUT2D eigenvalue weighted by atomic mass is 9.99. The molecule has 0 radical (unpaired) electrons. The number of hydrogen-bond acceptors (Lipinski definition) is 2. The van der Waals surface area contributed by atoms with Crippen molar-refractivity contribution in [2.75, 3.05) is 13.7 Å². The molecule has 0 spiro atoms. The van der Waals surface area contributed by atoms with Gasteiger partial charge in [-0.05, 0) is 51.3 Å². The molecule has 19 heavy (non-hydrogen) atoms. The van der Waals surface area contributed by atoms with E-state index in [0.717, 1.165) is 41.5 Å².